The standard InChI is InChI=1S/C10H18BrN3O2S/c1-8(2)4-9(11)5-13-17(15,16)10-6-12-14(3)7-10/h6-9,13H,4-5H2,1-3H3. The molecule has 1 atom stereocenters. The van der Waals surface area contributed by atoms with Crippen molar-refractivity contribution < 1.29 is 8.42 Å². The summed E-state index contributed by atoms with van der Waals surface area (Å²) in [5, 5.41) is 3.84. The van der Waals surface area contributed by atoms with Gasteiger partial charge in [0.1, 0.15) is 4.90 Å². The van der Waals surface area contributed by atoms with E-state index in [0.29, 0.717) is 12.5 Å². The summed E-state index contributed by atoms with van der Waals surface area (Å²) >= 11 is 3.46. The van der Waals surface area contributed by atoms with Crippen molar-refractivity contribution in [1.82, 2.24) is 14.5 Å². The molecule has 0 aliphatic heterocycles. The molecule has 0 aromatic carbocycles. The molecule has 17 heavy (non-hydrogen) atoms. The van der Waals surface area contributed by atoms with Crippen LogP contribution >= 0.6 is 15.9 Å². The highest BCUT2D eigenvalue weighted by Crippen LogP contribution is 2.13. The van der Waals surface area contributed by atoms with Gasteiger partial charge in [-0.05, 0) is 12.3 Å². The first-order valence-corrected chi connectivity index (χ1v) is 7.83. The molecule has 0 amide bonds. The number of nitrogens with one attached hydrogen (secondary N) is 1. The molecule has 98 valence electrons. The van der Waals surface area contributed by atoms with Crippen molar-refractivity contribution in [2.75, 3.05) is 6.54 Å². The van der Waals surface area contributed by atoms with Crippen LogP contribution in [0.4, 0.5) is 0 Å². The second-order valence-corrected chi connectivity index (χ2v) is 7.49. The van der Waals surface area contributed by atoms with Crippen molar-refractivity contribution in [2.24, 2.45) is 13.0 Å². The Labute approximate surface area is 111 Å². The molecule has 0 aliphatic rings. The van der Waals surface area contributed by atoms with Crippen LogP contribution < -0.4 is 4.72 Å². The molecular formula is C10H18BrN3O2S. The highest BCUT2D eigenvalue weighted by atomic mass is 79.9. The van der Waals surface area contributed by atoms with E-state index < -0.39 is 10.0 Å². The number of alkyl halides is 1. The van der Waals surface area contributed by atoms with Crippen molar-refractivity contribution in [3.63, 3.8) is 0 Å². The monoisotopic (exact) mass is 323 g/mol. The van der Waals surface area contributed by atoms with Gasteiger partial charge in [0.2, 0.25) is 10.0 Å². The largest absolute Gasteiger partial charge is 0.274 e. The molecule has 5 nitrogen and oxygen atoms in total. The van der Waals surface area contributed by atoms with Gasteiger partial charge >= 0.3 is 0 Å². The van der Waals surface area contributed by atoms with Gasteiger partial charge in [0, 0.05) is 24.6 Å². The molecular weight excluding hydrogens is 306 g/mol. The SMILES string of the molecule is CC(C)CC(Br)CNS(=O)(=O)c1cnn(C)c1. The number of halogens is 1. The smallest absolute Gasteiger partial charge is 0.243 e. The molecule has 0 spiro atoms. The van der Waals surface area contributed by atoms with Crippen LogP contribution in [-0.2, 0) is 17.1 Å². The molecule has 0 saturated heterocycles. The molecule has 1 unspecified atom stereocenters. The molecule has 7 heteroatoms. The first kappa shape index (κ1) is 14.7. The second-order valence-electron chi connectivity index (χ2n) is 4.43. The normalized spacial score (nSPS) is 14.2. The Kier molecular flexibility index (Phi) is 5.15. The van der Waals surface area contributed by atoms with E-state index in [1.165, 1.54) is 17.1 Å². The van der Waals surface area contributed by atoms with Crippen molar-refractivity contribution in [3.8, 4) is 0 Å². The predicted molar refractivity (Wildman–Crippen MR) is 70.6 cm³/mol. The number of hydrogen-bond acceptors (Lipinski definition) is 3. The molecule has 1 rings (SSSR count). The number of aromatic nitrogens is 2. The second kappa shape index (κ2) is 5.97. The maximum Gasteiger partial charge on any atom is 0.243 e. The molecule has 0 aliphatic carbocycles. The number of hydrogen-bond donors (Lipinski definition) is 1. The van der Waals surface area contributed by atoms with Crippen LogP contribution in [0.2, 0.25) is 0 Å². The number of sulfonamides is 1. The van der Waals surface area contributed by atoms with E-state index in [1.807, 2.05) is 0 Å². The van der Waals surface area contributed by atoms with E-state index in [-0.39, 0.29) is 9.72 Å². The van der Waals surface area contributed by atoms with Crippen LogP contribution in [0.5, 0.6) is 0 Å². The van der Waals surface area contributed by atoms with E-state index in [1.54, 1.807) is 7.05 Å². The van der Waals surface area contributed by atoms with Crippen LogP contribution in [0.1, 0.15) is 20.3 Å². The number of aryl methyl sites for hydroxylation is 1. The zero-order valence-electron chi connectivity index (χ0n) is 10.2. The third kappa shape index (κ3) is 4.77. The summed E-state index contributed by atoms with van der Waals surface area (Å²) in [6.07, 6.45) is 3.75. The van der Waals surface area contributed by atoms with Crippen LogP contribution in [0.15, 0.2) is 17.3 Å². The van der Waals surface area contributed by atoms with Crippen molar-refractivity contribution >= 4 is 26.0 Å². The van der Waals surface area contributed by atoms with Gasteiger partial charge in [0.05, 0.1) is 6.20 Å². The summed E-state index contributed by atoms with van der Waals surface area (Å²) in [6.45, 7) is 4.59. The molecule has 0 saturated carbocycles. The maximum absolute atomic E-state index is 11.9. The Morgan fingerprint density at radius 3 is 2.65 bits per heavy atom. The van der Waals surface area contributed by atoms with Gasteiger partial charge in [-0.15, -0.1) is 0 Å². The summed E-state index contributed by atoms with van der Waals surface area (Å²) in [6, 6.07) is 0. The first-order chi connectivity index (χ1) is 7.81. The average molecular weight is 324 g/mol. The van der Waals surface area contributed by atoms with E-state index in [9.17, 15) is 8.42 Å². The fourth-order valence-corrected chi connectivity index (χ4v) is 3.60. The highest BCUT2D eigenvalue weighted by Gasteiger charge is 2.17. The molecule has 0 bridgehead atoms. The summed E-state index contributed by atoms with van der Waals surface area (Å²) in [7, 11) is -1.75. The van der Waals surface area contributed by atoms with Crippen LogP contribution in [0.25, 0.3) is 0 Å². The van der Waals surface area contributed by atoms with E-state index in [4.69, 9.17) is 0 Å². The van der Waals surface area contributed by atoms with Crippen LogP contribution in [0.3, 0.4) is 0 Å². The fourth-order valence-electron chi connectivity index (χ4n) is 1.42. The minimum atomic E-state index is -3.43. The van der Waals surface area contributed by atoms with Crippen LogP contribution in [-0.4, -0.2) is 29.6 Å². The lowest BCUT2D eigenvalue weighted by atomic mass is 10.1. The predicted octanol–water partition coefficient (Wildman–Crippen LogP) is 1.51. The lowest BCUT2D eigenvalue weighted by Crippen LogP contribution is -2.30. The molecule has 1 aromatic rings. The molecule has 1 aromatic heterocycles. The Morgan fingerprint density at radius 1 is 1.53 bits per heavy atom. The Balaban J connectivity index is 2.56. The van der Waals surface area contributed by atoms with E-state index in [2.05, 4.69) is 39.6 Å². The van der Waals surface area contributed by atoms with Crippen molar-refractivity contribution in [3.05, 3.63) is 12.4 Å². The van der Waals surface area contributed by atoms with Gasteiger partial charge in [-0.2, -0.15) is 5.10 Å². The van der Waals surface area contributed by atoms with Gasteiger partial charge in [0.15, 0.2) is 0 Å². The third-order valence-corrected chi connectivity index (χ3v) is 4.29. The zero-order valence-corrected chi connectivity index (χ0v) is 12.6. The minimum Gasteiger partial charge on any atom is -0.274 e. The van der Waals surface area contributed by atoms with Crippen molar-refractivity contribution in [2.45, 2.75) is 30.0 Å². The van der Waals surface area contributed by atoms with Gasteiger partial charge in [-0.1, -0.05) is 29.8 Å². The molecule has 1 N–H and O–H groups in total. The quantitative estimate of drug-likeness (QED) is 0.807. The highest BCUT2D eigenvalue weighted by molar-refractivity contribution is 9.09. The van der Waals surface area contributed by atoms with Gasteiger partial charge in [-0.25, -0.2) is 13.1 Å². The molecule has 0 fully saturated rings. The van der Waals surface area contributed by atoms with Crippen molar-refractivity contribution in [1.29, 1.82) is 0 Å². The van der Waals surface area contributed by atoms with E-state index in [0.717, 1.165) is 6.42 Å². The van der Waals surface area contributed by atoms with Gasteiger partial charge in [0.25, 0.3) is 0 Å². The van der Waals surface area contributed by atoms with E-state index >= 15 is 0 Å². The lowest BCUT2D eigenvalue weighted by molar-refractivity contribution is 0.551. The Hall–Kier alpha value is -0.400. The summed E-state index contributed by atoms with van der Waals surface area (Å²) in [5.74, 6) is 0.530. The number of nitrogens with zero attached hydrogens (tertiary/aromatic N) is 2. The fraction of sp³-hybridized carbons (Fsp3) is 0.700. The topological polar surface area (TPSA) is 64.0 Å². The lowest BCUT2D eigenvalue weighted by Gasteiger charge is -2.12. The summed E-state index contributed by atoms with van der Waals surface area (Å²) in [5.41, 5.74) is 0. The third-order valence-electron chi connectivity index (χ3n) is 2.21. The summed E-state index contributed by atoms with van der Waals surface area (Å²) < 4.78 is 27.7. The minimum absolute atomic E-state index is 0.147. The summed E-state index contributed by atoms with van der Waals surface area (Å²) in [4.78, 5) is 0.346. The molecule has 0 radical (unpaired) electrons. The van der Waals surface area contributed by atoms with Crippen LogP contribution in [0, 0.1) is 5.92 Å². The van der Waals surface area contributed by atoms with Gasteiger partial charge in [-0.3, -0.25) is 4.68 Å². The maximum atomic E-state index is 11.9. The zero-order chi connectivity index (χ0) is 13.1. The number of rotatable bonds is 6. The molecule has 1 heterocycles. The Bertz CT molecular complexity index is 456. The van der Waals surface area contributed by atoms with Gasteiger partial charge < -0.3 is 0 Å². The average Bonchev–Trinajstić information content (AvgIpc) is 2.62. The first-order valence-electron chi connectivity index (χ1n) is 5.43. The Morgan fingerprint density at radius 2 is 2.18 bits per heavy atom.